The van der Waals surface area contributed by atoms with E-state index in [-0.39, 0.29) is 34.8 Å². The van der Waals surface area contributed by atoms with Gasteiger partial charge in [0.1, 0.15) is 5.56 Å². The third-order valence-electron chi connectivity index (χ3n) is 6.86. The van der Waals surface area contributed by atoms with E-state index in [1.807, 2.05) is 10.6 Å². The van der Waals surface area contributed by atoms with E-state index in [0.29, 0.717) is 24.5 Å². The van der Waals surface area contributed by atoms with Gasteiger partial charge in [-0.3, -0.25) is 4.79 Å². The number of benzene rings is 1. The molecule has 1 unspecified atom stereocenters. The zero-order chi connectivity index (χ0) is 24.5. The van der Waals surface area contributed by atoms with Crippen LogP contribution in [0, 0.1) is 5.41 Å². The fraction of sp³-hybridized carbons (Fsp3) is 0.556. The molecule has 0 spiro atoms. The number of esters is 1. The number of fused-ring (bicyclic) bond motifs is 3. The van der Waals surface area contributed by atoms with Crippen LogP contribution in [0.15, 0.2) is 29.2 Å². The lowest BCUT2D eigenvalue weighted by Gasteiger charge is -2.39. The number of hydrogen-bond donors (Lipinski definition) is 1. The second-order valence-corrected chi connectivity index (χ2v) is 10.4. The van der Waals surface area contributed by atoms with Gasteiger partial charge in [-0.2, -0.15) is 0 Å². The lowest BCUT2D eigenvalue weighted by Crippen LogP contribution is -2.33. The van der Waals surface area contributed by atoms with Crippen molar-refractivity contribution < 1.29 is 19.4 Å². The Morgan fingerprint density at radius 3 is 2.59 bits per heavy atom. The van der Waals surface area contributed by atoms with Crippen LogP contribution in [0.2, 0.25) is 0 Å². The first-order valence-electron chi connectivity index (χ1n) is 12.3. The van der Waals surface area contributed by atoms with Crippen LogP contribution in [0.5, 0.6) is 11.5 Å². The van der Waals surface area contributed by atoms with Gasteiger partial charge in [-0.25, -0.2) is 4.79 Å². The van der Waals surface area contributed by atoms with Crippen LogP contribution in [0.4, 0.5) is 0 Å². The predicted molar refractivity (Wildman–Crippen MR) is 132 cm³/mol. The maximum Gasteiger partial charge on any atom is 0.343 e. The van der Waals surface area contributed by atoms with E-state index in [0.717, 1.165) is 37.2 Å². The molecule has 2 aliphatic rings. The molecule has 0 saturated carbocycles. The van der Waals surface area contributed by atoms with Crippen molar-refractivity contribution in [1.82, 2.24) is 9.47 Å². The van der Waals surface area contributed by atoms with E-state index in [4.69, 9.17) is 9.47 Å². The van der Waals surface area contributed by atoms with E-state index >= 15 is 0 Å². The van der Waals surface area contributed by atoms with Gasteiger partial charge in [-0.15, -0.1) is 0 Å². The first-order valence-corrected chi connectivity index (χ1v) is 12.3. The average molecular weight is 469 g/mol. The summed E-state index contributed by atoms with van der Waals surface area (Å²) in [7, 11) is 0. The minimum Gasteiger partial charge on any atom is -0.504 e. The summed E-state index contributed by atoms with van der Waals surface area (Å²) in [5, 5.41) is 10.7. The zero-order valence-corrected chi connectivity index (χ0v) is 20.7. The molecule has 0 amide bonds. The van der Waals surface area contributed by atoms with Crippen LogP contribution < -0.4 is 10.2 Å². The first-order chi connectivity index (χ1) is 16.2. The minimum absolute atomic E-state index is 0.0105. The monoisotopic (exact) mass is 468 g/mol. The quantitative estimate of drug-likeness (QED) is 0.479. The molecule has 2 aromatic rings. The Hall–Kier alpha value is -2.80. The Morgan fingerprint density at radius 2 is 1.91 bits per heavy atom. The van der Waals surface area contributed by atoms with E-state index in [1.165, 1.54) is 18.9 Å². The lowest BCUT2D eigenvalue weighted by molar-refractivity contribution is 0.0523. The van der Waals surface area contributed by atoms with Gasteiger partial charge in [0, 0.05) is 30.4 Å². The number of nitrogens with zero attached hydrogens (tertiary/aromatic N) is 2. The molecular weight excluding hydrogens is 432 g/mol. The molecule has 1 fully saturated rings. The van der Waals surface area contributed by atoms with Crippen molar-refractivity contribution in [3.63, 3.8) is 0 Å². The molecule has 1 aromatic heterocycles. The van der Waals surface area contributed by atoms with Crippen LogP contribution >= 0.6 is 0 Å². The summed E-state index contributed by atoms with van der Waals surface area (Å²) < 4.78 is 13.1. The fourth-order valence-corrected chi connectivity index (χ4v) is 5.03. The molecule has 4 rings (SSSR count). The first kappa shape index (κ1) is 24.3. The van der Waals surface area contributed by atoms with Crippen molar-refractivity contribution in [1.29, 1.82) is 0 Å². The second-order valence-electron chi connectivity index (χ2n) is 10.4. The Labute approximate surface area is 201 Å². The molecule has 1 aromatic carbocycles. The van der Waals surface area contributed by atoms with Crippen molar-refractivity contribution in [3.05, 3.63) is 45.7 Å². The molecule has 1 saturated heterocycles. The highest BCUT2D eigenvalue weighted by atomic mass is 16.5. The van der Waals surface area contributed by atoms with Crippen molar-refractivity contribution in [2.45, 2.75) is 59.4 Å². The normalized spacial score (nSPS) is 17.8. The summed E-state index contributed by atoms with van der Waals surface area (Å²) in [4.78, 5) is 27.6. The molecule has 2 aliphatic heterocycles. The Morgan fingerprint density at radius 1 is 1.18 bits per heavy atom. The molecule has 34 heavy (non-hydrogen) atoms. The molecule has 0 aliphatic carbocycles. The smallest absolute Gasteiger partial charge is 0.343 e. The van der Waals surface area contributed by atoms with Crippen LogP contribution in [0.1, 0.15) is 68.9 Å². The number of phenolic OH excluding ortho intramolecular Hbond substituents is 1. The van der Waals surface area contributed by atoms with Gasteiger partial charge in [0.05, 0.1) is 18.9 Å². The largest absolute Gasteiger partial charge is 0.504 e. The summed E-state index contributed by atoms with van der Waals surface area (Å²) in [6.45, 7) is 12.2. The van der Waals surface area contributed by atoms with Crippen LogP contribution in [-0.2, 0) is 11.2 Å². The molecule has 1 N–H and O–H groups in total. The van der Waals surface area contributed by atoms with Gasteiger partial charge in [-0.05, 0) is 68.8 Å². The Kier molecular flexibility index (Phi) is 7.03. The second kappa shape index (κ2) is 9.82. The number of ether oxygens (including phenoxy) is 2. The fourth-order valence-electron chi connectivity index (χ4n) is 5.03. The summed E-state index contributed by atoms with van der Waals surface area (Å²) in [6, 6.07) is 5.08. The molecule has 7 nitrogen and oxygen atoms in total. The Balaban J connectivity index is 1.64. The average Bonchev–Trinajstić information content (AvgIpc) is 3.29. The molecule has 0 bridgehead atoms. The molecular formula is C27H36N2O5. The minimum atomic E-state index is -0.609. The highest BCUT2D eigenvalue weighted by Crippen LogP contribution is 2.45. The van der Waals surface area contributed by atoms with Crippen LogP contribution in [0.25, 0.3) is 11.3 Å². The number of carbonyl (C=O) groups is 1. The number of phenols is 1. The molecule has 7 heteroatoms. The summed E-state index contributed by atoms with van der Waals surface area (Å²) in [5.41, 5.74) is 2.01. The third-order valence-corrected chi connectivity index (χ3v) is 6.86. The van der Waals surface area contributed by atoms with Gasteiger partial charge < -0.3 is 24.0 Å². The molecule has 1 atom stereocenters. The van der Waals surface area contributed by atoms with Crippen LogP contribution in [0.3, 0.4) is 0 Å². The van der Waals surface area contributed by atoms with Gasteiger partial charge in [0.25, 0.3) is 0 Å². The summed E-state index contributed by atoms with van der Waals surface area (Å²) in [6.07, 6.45) is 5.77. The standard InChI is InChI=1S/C27H36N2O5/c1-5-33-26(32)20-17-29-21(16-22(20)30)19-15-23(31)24(13-18(19)14-25(29)27(2,3)4)34-12-8-11-28-9-6-7-10-28/h13,15-17,25,31H,5-12,14H2,1-4H3. The zero-order valence-electron chi connectivity index (χ0n) is 20.7. The topological polar surface area (TPSA) is 81.0 Å². The number of likely N-dealkylation sites (tertiary alicyclic amines) is 1. The van der Waals surface area contributed by atoms with Crippen LogP contribution in [-0.4, -0.2) is 53.4 Å². The maximum absolute atomic E-state index is 12.8. The number of aromatic hydroxyl groups is 1. The van der Waals surface area contributed by atoms with E-state index < -0.39 is 5.97 Å². The van der Waals surface area contributed by atoms with E-state index in [2.05, 4.69) is 25.7 Å². The number of hydrogen-bond acceptors (Lipinski definition) is 6. The number of rotatable bonds is 7. The number of aromatic nitrogens is 1. The van der Waals surface area contributed by atoms with Crippen molar-refractivity contribution in [2.24, 2.45) is 5.41 Å². The van der Waals surface area contributed by atoms with Gasteiger partial charge in [-0.1, -0.05) is 20.8 Å². The van der Waals surface area contributed by atoms with Crippen molar-refractivity contribution in [3.8, 4) is 22.8 Å². The molecule has 0 radical (unpaired) electrons. The Bertz CT molecular complexity index is 1110. The highest BCUT2D eigenvalue weighted by molar-refractivity contribution is 5.89. The predicted octanol–water partition coefficient (Wildman–Crippen LogP) is 4.41. The lowest BCUT2D eigenvalue weighted by atomic mass is 9.78. The summed E-state index contributed by atoms with van der Waals surface area (Å²) in [5.74, 6) is -0.0730. The van der Waals surface area contributed by atoms with Crippen molar-refractivity contribution >= 4 is 5.97 Å². The highest BCUT2D eigenvalue weighted by Gasteiger charge is 2.34. The van der Waals surface area contributed by atoms with E-state index in [9.17, 15) is 14.7 Å². The SMILES string of the molecule is CCOC(=O)c1cn2c(cc1=O)-c1cc(O)c(OCCCN3CCCC3)cc1CC2C(C)(C)C. The third kappa shape index (κ3) is 4.99. The van der Waals surface area contributed by atoms with E-state index in [1.54, 1.807) is 19.2 Å². The molecule has 184 valence electrons. The summed E-state index contributed by atoms with van der Waals surface area (Å²) >= 11 is 0. The van der Waals surface area contributed by atoms with Gasteiger partial charge in [0.15, 0.2) is 16.9 Å². The van der Waals surface area contributed by atoms with Crippen molar-refractivity contribution in [2.75, 3.05) is 32.8 Å². The number of carbonyl (C=O) groups excluding carboxylic acids is 1. The number of pyridine rings is 1. The van der Waals surface area contributed by atoms with Gasteiger partial charge in [0.2, 0.25) is 0 Å². The maximum atomic E-state index is 12.8. The van der Waals surface area contributed by atoms with Gasteiger partial charge >= 0.3 is 5.97 Å². The molecule has 3 heterocycles.